The molecule has 1 aliphatic heterocycles. The standard InChI is InChI=1S/C19H13F6N3O2/c20-18(21,22)11-3-1-2-10(6-11)17(19(23,24)25)7-14(28-30-17)13-9-27-15(8-26)16-12(13)4-5-29-16/h1-6,9H,7-8,26H2. The Morgan fingerprint density at radius 1 is 1.10 bits per heavy atom. The summed E-state index contributed by atoms with van der Waals surface area (Å²) < 4.78 is 86.6. The molecule has 2 aromatic heterocycles. The molecular weight excluding hydrogens is 416 g/mol. The molecule has 158 valence electrons. The predicted molar refractivity (Wildman–Crippen MR) is 93.3 cm³/mol. The fraction of sp³-hybridized carbons (Fsp3) is 0.263. The summed E-state index contributed by atoms with van der Waals surface area (Å²) in [6, 6.07) is 4.47. The number of nitrogens with two attached hydrogens (primary N) is 1. The van der Waals surface area contributed by atoms with Gasteiger partial charge >= 0.3 is 12.4 Å². The van der Waals surface area contributed by atoms with Crippen molar-refractivity contribution in [3.05, 3.63) is 65.2 Å². The van der Waals surface area contributed by atoms with Gasteiger partial charge in [-0.15, -0.1) is 0 Å². The van der Waals surface area contributed by atoms with Gasteiger partial charge in [0.1, 0.15) is 0 Å². The molecule has 0 saturated heterocycles. The van der Waals surface area contributed by atoms with Crippen molar-refractivity contribution in [2.45, 2.75) is 30.9 Å². The van der Waals surface area contributed by atoms with Gasteiger partial charge in [-0.25, -0.2) is 0 Å². The molecule has 0 saturated carbocycles. The molecule has 0 fully saturated rings. The molecule has 1 unspecified atom stereocenters. The summed E-state index contributed by atoms with van der Waals surface area (Å²) in [6.07, 6.45) is -8.06. The second kappa shape index (κ2) is 6.73. The van der Waals surface area contributed by atoms with Crippen LogP contribution in [0.4, 0.5) is 26.3 Å². The molecule has 0 radical (unpaired) electrons. The van der Waals surface area contributed by atoms with Crippen LogP contribution in [0.5, 0.6) is 0 Å². The highest BCUT2D eigenvalue weighted by Gasteiger charge is 2.62. The monoisotopic (exact) mass is 429 g/mol. The van der Waals surface area contributed by atoms with Crippen LogP contribution >= 0.6 is 0 Å². The van der Waals surface area contributed by atoms with Gasteiger partial charge in [0.2, 0.25) is 0 Å². The maximum Gasteiger partial charge on any atom is 0.435 e. The molecule has 2 N–H and O–H groups in total. The molecule has 1 aromatic carbocycles. The Bertz CT molecular complexity index is 1140. The van der Waals surface area contributed by atoms with Gasteiger partial charge in [-0.1, -0.05) is 17.3 Å². The number of alkyl halides is 6. The van der Waals surface area contributed by atoms with Crippen molar-refractivity contribution in [2.75, 3.05) is 0 Å². The van der Waals surface area contributed by atoms with E-state index in [4.69, 9.17) is 15.0 Å². The van der Waals surface area contributed by atoms with Gasteiger partial charge in [0, 0.05) is 29.3 Å². The number of aromatic nitrogens is 1. The zero-order valence-corrected chi connectivity index (χ0v) is 15.0. The van der Waals surface area contributed by atoms with Crippen LogP contribution in [0.15, 0.2) is 52.4 Å². The molecule has 0 spiro atoms. The summed E-state index contributed by atoms with van der Waals surface area (Å²) >= 11 is 0. The van der Waals surface area contributed by atoms with Crippen molar-refractivity contribution in [1.29, 1.82) is 0 Å². The number of halogens is 6. The largest absolute Gasteiger partial charge is 0.462 e. The normalized spacial score (nSPS) is 19.8. The van der Waals surface area contributed by atoms with E-state index in [0.717, 1.165) is 12.1 Å². The maximum absolute atomic E-state index is 14.1. The van der Waals surface area contributed by atoms with E-state index in [9.17, 15) is 26.3 Å². The minimum absolute atomic E-state index is 0.0456. The number of nitrogens with zero attached hydrogens (tertiary/aromatic N) is 2. The summed E-state index contributed by atoms with van der Waals surface area (Å²) in [7, 11) is 0. The highest BCUT2D eigenvalue weighted by molar-refractivity contribution is 6.10. The smallest absolute Gasteiger partial charge is 0.435 e. The number of oxime groups is 1. The third kappa shape index (κ3) is 3.09. The lowest BCUT2D eigenvalue weighted by atomic mass is 9.85. The van der Waals surface area contributed by atoms with E-state index in [1.54, 1.807) is 0 Å². The Morgan fingerprint density at radius 3 is 2.53 bits per heavy atom. The summed E-state index contributed by atoms with van der Waals surface area (Å²) in [5, 5.41) is 4.01. The summed E-state index contributed by atoms with van der Waals surface area (Å²) in [5.41, 5.74) is 1.40. The fourth-order valence-electron chi connectivity index (χ4n) is 3.39. The van der Waals surface area contributed by atoms with Crippen LogP contribution in [-0.2, 0) is 23.2 Å². The number of fused-ring (bicyclic) bond motifs is 1. The Labute approximate surface area is 165 Å². The van der Waals surface area contributed by atoms with Gasteiger partial charge in [-0.05, 0) is 18.2 Å². The van der Waals surface area contributed by atoms with Gasteiger partial charge in [-0.2, -0.15) is 26.3 Å². The first kappa shape index (κ1) is 20.2. The van der Waals surface area contributed by atoms with E-state index >= 15 is 0 Å². The summed E-state index contributed by atoms with van der Waals surface area (Å²) in [6.45, 7) is 0.0456. The molecule has 3 heterocycles. The Kier molecular flexibility index (Phi) is 4.53. The van der Waals surface area contributed by atoms with Gasteiger partial charge in [0.05, 0.1) is 29.7 Å². The zero-order chi connectivity index (χ0) is 21.7. The van der Waals surface area contributed by atoms with Crippen LogP contribution in [0.2, 0.25) is 0 Å². The lowest BCUT2D eigenvalue weighted by Crippen LogP contribution is -2.42. The van der Waals surface area contributed by atoms with Crippen molar-refractivity contribution in [3.63, 3.8) is 0 Å². The van der Waals surface area contributed by atoms with Crippen molar-refractivity contribution in [1.82, 2.24) is 4.98 Å². The number of furan rings is 1. The Morgan fingerprint density at radius 2 is 1.87 bits per heavy atom. The first-order chi connectivity index (χ1) is 14.1. The van der Waals surface area contributed by atoms with Crippen LogP contribution in [0.3, 0.4) is 0 Å². The van der Waals surface area contributed by atoms with Crippen molar-refractivity contribution < 1.29 is 35.6 Å². The molecule has 30 heavy (non-hydrogen) atoms. The molecule has 0 aliphatic carbocycles. The molecule has 3 aromatic rings. The van der Waals surface area contributed by atoms with Gasteiger partial charge < -0.3 is 15.0 Å². The number of hydrogen-bond acceptors (Lipinski definition) is 5. The average molecular weight is 429 g/mol. The van der Waals surface area contributed by atoms with Crippen molar-refractivity contribution >= 4 is 16.7 Å². The van der Waals surface area contributed by atoms with Crippen LogP contribution in [-0.4, -0.2) is 16.9 Å². The summed E-state index contributed by atoms with van der Waals surface area (Å²) in [5.74, 6) is 0. The van der Waals surface area contributed by atoms with Crippen LogP contribution in [0.1, 0.15) is 28.8 Å². The third-order valence-corrected chi connectivity index (χ3v) is 4.91. The first-order valence-corrected chi connectivity index (χ1v) is 8.62. The highest BCUT2D eigenvalue weighted by atomic mass is 19.4. The molecule has 1 atom stereocenters. The minimum atomic E-state index is -5.04. The predicted octanol–water partition coefficient (Wildman–Crippen LogP) is 4.89. The van der Waals surface area contributed by atoms with E-state index in [1.807, 2.05) is 0 Å². The van der Waals surface area contributed by atoms with Crippen LogP contribution in [0.25, 0.3) is 11.0 Å². The average Bonchev–Trinajstić information content (AvgIpc) is 3.34. The van der Waals surface area contributed by atoms with Crippen molar-refractivity contribution in [2.24, 2.45) is 10.9 Å². The van der Waals surface area contributed by atoms with E-state index in [-0.39, 0.29) is 17.8 Å². The molecule has 1 aliphatic rings. The SMILES string of the molecule is NCc1ncc(C2=NOC(c3cccc(C(F)(F)F)c3)(C(F)(F)F)C2)c2ccoc12. The second-order valence-corrected chi connectivity index (χ2v) is 6.70. The molecule has 4 rings (SSSR count). The molecule has 11 heteroatoms. The second-order valence-electron chi connectivity index (χ2n) is 6.70. The maximum atomic E-state index is 14.1. The van der Waals surface area contributed by atoms with E-state index in [2.05, 4.69) is 10.1 Å². The number of pyridine rings is 1. The highest BCUT2D eigenvalue weighted by Crippen LogP contribution is 2.50. The van der Waals surface area contributed by atoms with Gasteiger partial charge in [0.15, 0.2) is 5.58 Å². The molecule has 0 amide bonds. The Balaban J connectivity index is 1.79. The number of rotatable bonds is 3. The Hall–Kier alpha value is -3.08. The van der Waals surface area contributed by atoms with Crippen LogP contribution < -0.4 is 5.73 Å². The lowest BCUT2D eigenvalue weighted by Gasteiger charge is -2.30. The third-order valence-electron chi connectivity index (χ3n) is 4.91. The van der Waals surface area contributed by atoms with E-state index < -0.39 is 35.5 Å². The summed E-state index contributed by atoms with van der Waals surface area (Å²) in [4.78, 5) is 8.91. The topological polar surface area (TPSA) is 73.6 Å². The lowest BCUT2D eigenvalue weighted by molar-refractivity contribution is -0.276. The first-order valence-electron chi connectivity index (χ1n) is 8.62. The quantitative estimate of drug-likeness (QED) is 0.602. The number of benzene rings is 1. The van der Waals surface area contributed by atoms with Gasteiger partial charge in [-0.3, -0.25) is 4.98 Å². The molecule has 0 bridgehead atoms. The molecule has 5 nitrogen and oxygen atoms in total. The van der Waals surface area contributed by atoms with Crippen molar-refractivity contribution in [3.8, 4) is 0 Å². The number of hydrogen-bond donors (Lipinski definition) is 1. The van der Waals surface area contributed by atoms with Gasteiger partial charge in [0.25, 0.3) is 5.60 Å². The van der Waals surface area contributed by atoms with E-state index in [1.165, 1.54) is 18.5 Å². The van der Waals surface area contributed by atoms with Crippen LogP contribution in [0, 0.1) is 0 Å². The van der Waals surface area contributed by atoms with E-state index in [0.29, 0.717) is 28.8 Å². The molecular formula is C19H13F6N3O2. The minimum Gasteiger partial charge on any atom is -0.462 e. The zero-order valence-electron chi connectivity index (χ0n) is 15.0. The fourth-order valence-corrected chi connectivity index (χ4v) is 3.39.